The highest BCUT2D eigenvalue weighted by Crippen LogP contribution is 2.50. The minimum atomic E-state index is -1.72. The molecule has 3 heterocycles. The standard InChI is InChI=1S/C28H27F2N5O4/c1-27(2,3)16-7-14-11-33-35(25(38)22(14)20(29)9-16)23-18(13-36)17(5-6-32-23)15-8-19(24(37)34(4)12-15)28(26(31)39)10-21(28)30/h5-9,11-12,21,36H,10,13H2,1-4H3,(H2,31,39). The number of pyridine rings is 2. The summed E-state index contributed by atoms with van der Waals surface area (Å²) in [5, 5.41) is 14.7. The topological polar surface area (TPSA) is 133 Å². The number of benzene rings is 1. The Balaban J connectivity index is 1.71. The number of aryl methyl sites for hydroxylation is 1. The zero-order chi connectivity index (χ0) is 28.4. The molecule has 3 N–H and O–H groups in total. The Labute approximate surface area is 221 Å². The molecule has 39 heavy (non-hydrogen) atoms. The number of rotatable bonds is 5. The summed E-state index contributed by atoms with van der Waals surface area (Å²) >= 11 is 0. The van der Waals surface area contributed by atoms with Gasteiger partial charge in [-0.2, -0.15) is 9.78 Å². The zero-order valence-corrected chi connectivity index (χ0v) is 21.8. The fraction of sp³-hybridized carbons (Fsp3) is 0.321. The molecule has 202 valence electrons. The summed E-state index contributed by atoms with van der Waals surface area (Å²) < 4.78 is 31.7. The minimum Gasteiger partial charge on any atom is -0.392 e. The van der Waals surface area contributed by atoms with Gasteiger partial charge in [0.25, 0.3) is 11.1 Å². The Morgan fingerprint density at radius 3 is 2.51 bits per heavy atom. The third kappa shape index (κ3) is 4.04. The van der Waals surface area contributed by atoms with Crippen LogP contribution in [0.5, 0.6) is 0 Å². The van der Waals surface area contributed by atoms with E-state index in [0.29, 0.717) is 22.1 Å². The average Bonchev–Trinajstić information content (AvgIpc) is 3.56. The van der Waals surface area contributed by atoms with Gasteiger partial charge in [-0.1, -0.05) is 20.8 Å². The molecule has 11 heteroatoms. The van der Waals surface area contributed by atoms with Gasteiger partial charge in [0.05, 0.1) is 18.2 Å². The number of alkyl halides is 1. The van der Waals surface area contributed by atoms with Crippen molar-refractivity contribution in [1.29, 1.82) is 0 Å². The number of nitrogens with two attached hydrogens (primary N) is 1. The van der Waals surface area contributed by atoms with Gasteiger partial charge in [-0.15, -0.1) is 0 Å². The highest BCUT2D eigenvalue weighted by Gasteiger charge is 2.63. The van der Waals surface area contributed by atoms with Crippen molar-refractivity contribution in [3.05, 3.63) is 86.1 Å². The summed E-state index contributed by atoms with van der Waals surface area (Å²) in [6, 6.07) is 5.94. The normalized spacial score (nSPS) is 18.9. The Morgan fingerprint density at radius 2 is 1.92 bits per heavy atom. The van der Waals surface area contributed by atoms with Crippen LogP contribution in [0.25, 0.3) is 27.7 Å². The van der Waals surface area contributed by atoms with Gasteiger partial charge in [0, 0.05) is 42.4 Å². The molecule has 0 radical (unpaired) electrons. The van der Waals surface area contributed by atoms with Crippen LogP contribution in [-0.2, 0) is 29.3 Å². The van der Waals surface area contributed by atoms with Gasteiger partial charge in [0.2, 0.25) is 5.91 Å². The van der Waals surface area contributed by atoms with Crippen LogP contribution in [0.1, 0.15) is 43.9 Å². The van der Waals surface area contributed by atoms with Crippen molar-refractivity contribution in [3.63, 3.8) is 0 Å². The number of carbonyl (C=O) groups is 1. The lowest BCUT2D eigenvalue weighted by molar-refractivity contribution is -0.120. The molecule has 1 aromatic carbocycles. The quantitative estimate of drug-likeness (QED) is 0.404. The predicted octanol–water partition coefficient (Wildman–Crippen LogP) is 2.54. The van der Waals surface area contributed by atoms with E-state index in [9.17, 15) is 23.9 Å². The minimum absolute atomic E-state index is 0.0454. The lowest BCUT2D eigenvalue weighted by Crippen LogP contribution is -2.37. The second kappa shape index (κ2) is 8.91. The van der Waals surface area contributed by atoms with Gasteiger partial charge in [0.15, 0.2) is 5.82 Å². The number of hydrogen-bond donors (Lipinski definition) is 2. The van der Waals surface area contributed by atoms with Crippen molar-refractivity contribution in [1.82, 2.24) is 19.3 Å². The molecular formula is C28H27F2N5O4. The Kier molecular flexibility index (Phi) is 6.02. The first kappa shape index (κ1) is 26.4. The van der Waals surface area contributed by atoms with Crippen LogP contribution in [0.4, 0.5) is 8.78 Å². The maximum absolute atomic E-state index is 15.2. The predicted molar refractivity (Wildman–Crippen MR) is 141 cm³/mol. The third-order valence-electron chi connectivity index (χ3n) is 7.39. The van der Waals surface area contributed by atoms with Gasteiger partial charge in [-0.3, -0.25) is 14.4 Å². The number of carbonyl (C=O) groups excluding carboxylic acids is 1. The molecular weight excluding hydrogens is 508 g/mol. The number of amides is 1. The summed E-state index contributed by atoms with van der Waals surface area (Å²) in [5.74, 6) is -1.69. The summed E-state index contributed by atoms with van der Waals surface area (Å²) in [6.07, 6.45) is 2.40. The molecule has 2 unspecified atom stereocenters. The molecule has 0 saturated heterocycles. The first-order valence-corrected chi connectivity index (χ1v) is 12.3. The second-order valence-corrected chi connectivity index (χ2v) is 10.9. The molecule has 0 aliphatic heterocycles. The number of aromatic nitrogens is 4. The number of nitrogens with zero attached hydrogens (tertiary/aromatic N) is 4. The van der Waals surface area contributed by atoms with Crippen LogP contribution in [-0.4, -0.2) is 36.5 Å². The van der Waals surface area contributed by atoms with E-state index in [1.54, 1.807) is 6.07 Å². The lowest BCUT2D eigenvalue weighted by atomic mass is 9.86. The van der Waals surface area contributed by atoms with Gasteiger partial charge in [-0.25, -0.2) is 13.8 Å². The van der Waals surface area contributed by atoms with Gasteiger partial charge >= 0.3 is 0 Å². The molecule has 4 aromatic rings. The van der Waals surface area contributed by atoms with Crippen molar-refractivity contribution in [3.8, 4) is 16.9 Å². The molecule has 0 spiro atoms. The third-order valence-corrected chi connectivity index (χ3v) is 7.39. The molecule has 5 rings (SSSR count). The van der Waals surface area contributed by atoms with E-state index in [1.165, 1.54) is 48.4 Å². The maximum Gasteiger partial charge on any atom is 0.283 e. The maximum atomic E-state index is 15.2. The Bertz CT molecular complexity index is 1790. The lowest BCUT2D eigenvalue weighted by Gasteiger charge is -2.20. The van der Waals surface area contributed by atoms with Crippen molar-refractivity contribution < 1.29 is 18.7 Å². The molecule has 1 fully saturated rings. The monoisotopic (exact) mass is 535 g/mol. The number of aliphatic hydroxyl groups excluding tert-OH is 1. The second-order valence-electron chi connectivity index (χ2n) is 10.9. The summed E-state index contributed by atoms with van der Waals surface area (Å²) in [7, 11) is 1.45. The molecule has 1 aliphatic rings. The van der Waals surface area contributed by atoms with Crippen LogP contribution in [0.3, 0.4) is 0 Å². The van der Waals surface area contributed by atoms with E-state index in [0.717, 1.165) is 4.68 Å². The molecule has 3 aromatic heterocycles. The molecule has 1 saturated carbocycles. The van der Waals surface area contributed by atoms with E-state index < -0.39 is 41.0 Å². The summed E-state index contributed by atoms with van der Waals surface area (Å²) in [5.41, 5.74) is 3.53. The van der Waals surface area contributed by atoms with Crippen molar-refractivity contribution >= 4 is 16.7 Å². The van der Waals surface area contributed by atoms with Crippen LogP contribution < -0.4 is 16.9 Å². The number of primary amides is 1. The smallest absolute Gasteiger partial charge is 0.283 e. The van der Waals surface area contributed by atoms with Gasteiger partial charge in [-0.05, 0) is 46.4 Å². The highest BCUT2D eigenvalue weighted by molar-refractivity contribution is 5.92. The fourth-order valence-electron chi connectivity index (χ4n) is 4.98. The van der Waals surface area contributed by atoms with Crippen molar-refractivity contribution in [2.45, 2.75) is 50.8 Å². The number of fused-ring (bicyclic) bond motifs is 1. The van der Waals surface area contributed by atoms with Crippen molar-refractivity contribution in [2.75, 3.05) is 0 Å². The van der Waals surface area contributed by atoms with E-state index in [1.807, 2.05) is 20.8 Å². The van der Waals surface area contributed by atoms with E-state index in [4.69, 9.17) is 5.73 Å². The summed E-state index contributed by atoms with van der Waals surface area (Å²) in [6.45, 7) is 5.19. The van der Waals surface area contributed by atoms with E-state index in [-0.39, 0.29) is 34.2 Å². The fourth-order valence-corrected chi connectivity index (χ4v) is 4.98. The van der Waals surface area contributed by atoms with Crippen LogP contribution in [0.2, 0.25) is 0 Å². The van der Waals surface area contributed by atoms with Crippen LogP contribution in [0, 0.1) is 5.82 Å². The largest absolute Gasteiger partial charge is 0.392 e. The highest BCUT2D eigenvalue weighted by atomic mass is 19.1. The number of hydrogen-bond acceptors (Lipinski definition) is 6. The van der Waals surface area contributed by atoms with Crippen LogP contribution >= 0.6 is 0 Å². The van der Waals surface area contributed by atoms with E-state index >= 15 is 4.39 Å². The van der Waals surface area contributed by atoms with Gasteiger partial charge < -0.3 is 15.4 Å². The number of aliphatic hydroxyl groups is 1. The molecule has 0 bridgehead atoms. The first-order chi connectivity index (χ1) is 18.3. The van der Waals surface area contributed by atoms with Gasteiger partial charge in [0.1, 0.15) is 17.4 Å². The van der Waals surface area contributed by atoms with Crippen molar-refractivity contribution in [2.24, 2.45) is 12.8 Å². The molecule has 2 atom stereocenters. The Hall–Kier alpha value is -4.25. The Morgan fingerprint density at radius 1 is 1.23 bits per heavy atom. The molecule has 1 aliphatic carbocycles. The average molecular weight is 536 g/mol. The first-order valence-electron chi connectivity index (χ1n) is 12.3. The molecule has 1 amide bonds. The molecule has 9 nitrogen and oxygen atoms in total. The summed E-state index contributed by atoms with van der Waals surface area (Å²) in [4.78, 5) is 42.6. The zero-order valence-electron chi connectivity index (χ0n) is 21.8. The number of halogens is 2. The van der Waals surface area contributed by atoms with Crippen LogP contribution in [0.15, 0.2) is 52.4 Å². The SMILES string of the molecule is Cn1cc(-c2ccnc(-n3ncc4cc(C(C)(C)C)cc(F)c4c3=O)c2CO)cc(C2(C(N)=O)CC2F)c1=O. The van der Waals surface area contributed by atoms with E-state index in [2.05, 4.69) is 10.1 Å².